The minimum Gasteiger partial charge on any atom is -0.466 e. The maximum atomic E-state index is 12.0. The quantitative estimate of drug-likeness (QED) is 0.0402. The normalized spacial score (nSPS) is 13.4. The van der Waals surface area contributed by atoms with Gasteiger partial charge >= 0.3 is 11.9 Å². The highest BCUT2D eigenvalue weighted by molar-refractivity contribution is 8.76. The van der Waals surface area contributed by atoms with Gasteiger partial charge in [-0.05, 0) is 35.7 Å². The van der Waals surface area contributed by atoms with E-state index in [2.05, 4.69) is 58.9 Å². The van der Waals surface area contributed by atoms with E-state index >= 15 is 0 Å². The Morgan fingerprint density at radius 1 is 0.542 bits per heavy atom. The molecule has 0 saturated heterocycles. The average molecular weight is 713 g/mol. The van der Waals surface area contributed by atoms with Gasteiger partial charge in [0.15, 0.2) is 0 Å². The molecule has 278 valence electrons. The average Bonchev–Trinajstić information content (AvgIpc) is 3.06. The highest BCUT2D eigenvalue weighted by Crippen LogP contribution is 2.25. The molecule has 0 heterocycles. The van der Waals surface area contributed by atoms with Crippen LogP contribution in [-0.2, 0) is 39.0 Å². The second-order valence-electron chi connectivity index (χ2n) is 13.6. The van der Waals surface area contributed by atoms with Crippen molar-refractivity contribution in [3.8, 4) is 0 Å². The molecular weight excluding hydrogens is 645 g/mol. The third-order valence-corrected chi connectivity index (χ3v) is 10.7. The predicted octanol–water partition coefficient (Wildman–Crippen LogP) is 9.95. The molecule has 0 fully saturated rings. The van der Waals surface area contributed by atoms with E-state index in [0.29, 0.717) is 52.2 Å². The van der Waals surface area contributed by atoms with Crippen LogP contribution < -0.4 is 0 Å². The SMILES string of the molecule is CC(C)CCC[C@@H](C)CCC[C@@H](C)CCC[C@@H](C)CCOC(=O)CCC(=O)OCCOCCOCCOCCSSCc1ccccc1. The van der Waals surface area contributed by atoms with Gasteiger partial charge in [-0.3, -0.25) is 9.59 Å². The maximum Gasteiger partial charge on any atom is 0.306 e. The van der Waals surface area contributed by atoms with E-state index < -0.39 is 5.97 Å². The highest BCUT2D eigenvalue weighted by atomic mass is 33.1. The molecule has 9 heteroatoms. The van der Waals surface area contributed by atoms with E-state index in [1.165, 1.54) is 56.9 Å². The largest absolute Gasteiger partial charge is 0.466 e. The van der Waals surface area contributed by atoms with Crippen molar-refractivity contribution in [3.05, 3.63) is 35.9 Å². The lowest BCUT2D eigenvalue weighted by Gasteiger charge is -2.16. The first-order valence-electron chi connectivity index (χ1n) is 18.6. The first-order chi connectivity index (χ1) is 23.3. The van der Waals surface area contributed by atoms with Crippen LogP contribution in [0.5, 0.6) is 0 Å². The number of benzene rings is 1. The molecule has 1 aromatic carbocycles. The van der Waals surface area contributed by atoms with Crippen LogP contribution in [0, 0.1) is 23.7 Å². The van der Waals surface area contributed by atoms with Crippen molar-refractivity contribution in [2.75, 3.05) is 58.6 Å². The summed E-state index contributed by atoms with van der Waals surface area (Å²) in [6.45, 7) is 15.2. The molecule has 0 aliphatic carbocycles. The van der Waals surface area contributed by atoms with Crippen LogP contribution in [0.2, 0.25) is 0 Å². The Hall–Kier alpha value is -1.26. The summed E-state index contributed by atoms with van der Waals surface area (Å²) in [4.78, 5) is 24.0. The topological polar surface area (TPSA) is 80.3 Å². The molecule has 0 unspecified atom stereocenters. The Bertz CT molecular complexity index is 886. The summed E-state index contributed by atoms with van der Waals surface area (Å²) >= 11 is 0. The Labute approximate surface area is 301 Å². The molecule has 0 aliphatic rings. The summed E-state index contributed by atoms with van der Waals surface area (Å²) in [7, 11) is 3.65. The van der Waals surface area contributed by atoms with E-state index in [1.807, 2.05) is 27.7 Å². The molecule has 0 N–H and O–H groups in total. The Morgan fingerprint density at radius 3 is 1.54 bits per heavy atom. The van der Waals surface area contributed by atoms with Gasteiger partial charge in [-0.25, -0.2) is 0 Å². The number of hydrogen-bond acceptors (Lipinski definition) is 9. The number of esters is 2. The first kappa shape index (κ1) is 44.8. The molecule has 48 heavy (non-hydrogen) atoms. The minimum atomic E-state index is -0.413. The van der Waals surface area contributed by atoms with E-state index in [-0.39, 0.29) is 25.4 Å². The van der Waals surface area contributed by atoms with Crippen molar-refractivity contribution in [1.29, 1.82) is 0 Å². The lowest BCUT2D eigenvalue weighted by molar-refractivity contribution is -0.151. The van der Waals surface area contributed by atoms with Crippen LogP contribution in [0.3, 0.4) is 0 Å². The molecule has 0 amide bonds. The van der Waals surface area contributed by atoms with Crippen LogP contribution in [0.1, 0.15) is 117 Å². The van der Waals surface area contributed by atoms with Gasteiger partial charge in [0.05, 0.1) is 59.1 Å². The summed E-state index contributed by atoms with van der Waals surface area (Å²) in [5.41, 5.74) is 1.33. The standard InChI is InChI=1S/C39H68O7S2/c1-33(2)12-9-13-34(3)14-10-15-35(4)16-11-17-36(5)22-23-45-38(40)20-21-39(41)46-29-28-43-25-24-42-26-27-44-30-31-47-48-32-37-18-7-6-8-19-37/h6-8,18-19,33-36H,9-17,20-32H2,1-5H3/t34-,35-,36-/m1/s1. The van der Waals surface area contributed by atoms with Crippen LogP contribution in [0.4, 0.5) is 0 Å². The van der Waals surface area contributed by atoms with Gasteiger partial charge in [-0.1, -0.05) is 144 Å². The molecule has 0 aliphatic heterocycles. The van der Waals surface area contributed by atoms with Crippen molar-refractivity contribution in [2.45, 2.75) is 117 Å². The van der Waals surface area contributed by atoms with Crippen LogP contribution in [0.15, 0.2) is 30.3 Å². The van der Waals surface area contributed by atoms with Gasteiger partial charge in [0.1, 0.15) is 6.61 Å². The van der Waals surface area contributed by atoms with Crippen molar-refractivity contribution < 1.29 is 33.3 Å². The summed E-state index contributed by atoms with van der Waals surface area (Å²) < 4.78 is 27.0. The van der Waals surface area contributed by atoms with Crippen molar-refractivity contribution in [1.82, 2.24) is 0 Å². The first-order valence-corrected chi connectivity index (χ1v) is 21.1. The zero-order chi connectivity index (χ0) is 35.1. The summed E-state index contributed by atoms with van der Waals surface area (Å²) in [6, 6.07) is 10.4. The fourth-order valence-electron chi connectivity index (χ4n) is 5.25. The zero-order valence-corrected chi connectivity index (χ0v) is 32.6. The number of carbonyl (C=O) groups is 2. The van der Waals surface area contributed by atoms with Crippen molar-refractivity contribution in [3.63, 3.8) is 0 Å². The van der Waals surface area contributed by atoms with Crippen LogP contribution in [0.25, 0.3) is 0 Å². The van der Waals surface area contributed by atoms with Gasteiger partial charge in [-0.2, -0.15) is 0 Å². The minimum absolute atomic E-state index is 0.0241. The maximum absolute atomic E-state index is 12.0. The molecule has 0 aromatic heterocycles. The van der Waals surface area contributed by atoms with Crippen LogP contribution >= 0.6 is 21.6 Å². The second-order valence-corrected chi connectivity index (χ2v) is 16.2. The van der Waals surface area contributed by atoms with Gasteiger partial charge < -0.3 is 23.7 Å². The number of rotatable bonds is 33. The molecule has 0 radical (unpaired) electrons. The highest BCUT2D eigenvalue weighted by Gasteiger charge is 2.11. The second kappa shape index (κ2) is 31.7. The Morgan fingerprint density at radius 2 is 1.00 bits per heavy atom. The van der Waals surface area contributed by atoms with Crippen molar-refractivity contribution >= 4 is 33.5 Å². The predicted molar refractivity (Wildman–Crippen MR) is 202 cm³/mol. The zero-order valence-electron chi connectivity index (χ0n) is 30.9. The van der Waals surface area contributed by atoms with Crippen molar-refractivity contribution in [2.24, 2.45) is 23.7 Å². The molecule has 3 atom stereocenters. The molecule has 7 nitrogen and oxygen atoms in total. The lowest BCUT2D eigenvalue weighted by atomic mass is 9.91. The molecule has 1 aromatic rings. The van der Waals surface area contributed by atoms with Gasteiger partial charge in [-0.15, -0.1) is 0 Å². The third-order valence-electron chi connectivity index (χ3n) is 8.37. The number of hydrogen-bond donors (Lipinski definition) is 0. The fourth-order valence-corrected chi connectivity index (χ4v) is 7.18. The Kier molecular flexibility index (Phi) is 29.6. The van der Waals surface area contributed by atoms with Gasteiger partial charge in [0.25, 0.3) is 0 Å². The van der Waals surface area contributed by atoms with Gasteiger partial charge in [0, 0.05) is 11.5 Å². The molecule has 1 rings (SSSR count). The van der Waals surface area contributed by atoms with E-state index in [9.17, 15) is 9.59 Å². The van der Waals surface area contributed by atoms with E-state index in [0.717, 1.165) is 42.1 Å². The van der Waals surface area contributed by atoms with Gasteiger partial charge in [0.2, 0.25) is 0 Å². The molecule has 0 bridgehead atoms. The van der Waals surface area contributed by atoms with E-state index in [1.54, 1.807) is 0 Å². The third kappa shape index (κ3) is 29.6. The number of ether oxygens (including phenoxy) is 5. The summed E-state index contributed by atoms with van der Waals surface area (Å²) in [6.07, 6.45) is 12.7. The van der Waals surface area contributed by atoms with E-state index in [4.69, 9.17) is 23.7 Å². The molecular formula is C39H68O7S2. The Balaban J connectivity index is 1.84. The monoisotopic (exact) mass is 712 g/mol. The summed E-state index contributed by atoms with van der Waals surface area (Å²) in [5, 5.41) is 0. The number of carbonyl (C=O) groups excluding carboxylic acids is 2. The summed E-state index contributed by atoms with van der Waals surface area (Å²) in [5.74, 6) is 4.17. The smallest absolute Gasteiger partial charge is 0.306 e. The lowest BCUT2D eigenvalue weighted by Crippen LogP contribution is -2.15. The molecule has 0 saturated carbocycles. The van der Waals surface area contributed by atoms with Crippen LogP contribution in [-0.4, -0.2) is 70.5 Å². The molecule has 0 spiro atoms. The fraction of sp³-hybridized carbons (Fsp3) is 0.795.